The Bertz CT molecular complexity index is 497. The molecule has 2 rings (SSSR count). The molecule has 1 aliphatic rings. The summed E-state index contributed by atoms with van der Waals surface area (Å²) in [4.78, 5) is 36.8. The molecule has 1 aromatic rings. The van der Waals surface area contributed by atoms with Crippen molar-refractivity contribution in [3.05, 3.63) is 21.9 Å². The van der Waals surface area contributed by atoms with Crippen LogP contribution in [0.3, 0.4) is 0 Å². The number of carbonyl (C=O) groups is 3. The average Bonchev–Trinajstić information content (AvgIpc) is 2.94. The van der Waals surface area contributed by atoms with Crippen molar-refractivity contribution in [1.82, 2.24) is 10.2 Å². The Morgan fingerprint density at radius 2 is 2.28 bits per heavy atom. The molecule has 7 heteroatoms. The first-order chi connectivity index (χ1) is 8.58. The smallest absolute Gasteiger partial charge is 0.348 e. The molecule has 0 bridgehead atoms. The number of nitrogens with zero attached hydrogens (tertiary/aromatic N) is 1. The third kappa shape index (κ3) is 2.67. The highest BCUT2D eigenvalue weighted by Crippen LogP contribution is 2.16. The number of amides is 3. The second kappa shape index (κ2) is 5.18. The van der Waals surface area contributed by atoms with Crippen LogP contribution in [0.15, 0.2) is 12.1 Å². The number of imide groups is 1. The van der Waals surface area contributed by atoms with Crippen molar-refractivity contribution >= 4 is 29.2 Å². The number of aryl methyl sites for hydroxylation is 1. The second-order valence-corrected chi connectivity index (χ2v) is 5.05. The van der Waals surface area contributed by atoms with E-state index in [1.54, 1.807) is 12.1 Å². The largest absolute Gasteiger partial charge is 0.451 e. The van der Waals surface area contributed by atoms with Crippen molar-refractivity contribution in [2.75, 3.05) is 19.7 Å². The second-order valence-electron chi connectivity index (χ2n) is 3.76. The highest BCUT2D eigenvalue weighted by atomic mass is 32.1. The Hall–Kier alpha value is -1.89. The minimum Gasteiger partial charge on any atom is -0.451 e. The normalized spacial score (nSPS) is 14.5. The third-order valence-corrected chi connectivity index (χ3v) is 3.41. The van der Waals surface area contributed by atoms with Gasteiger partial charge in [-0.15, -0.1) is 11.3 Å². The molecule has 0 spiro atoms. The van der Waals surface area contributed by atoms with Gasteiger partial charge in [0.1, 0.15) is 4.88 Å². The van der Waals surface area contributed by atoms with Gasteiger partial charge in [-0.1, -0.05) is 0 Å². The van der Waals surface area contributed by atoms with Crippen LogP contribution in [-0.4, -0.2) is 42.5 Å². The van der Waals surface area contributed by atoms with Crippen molar-refractivity contribution in [3.63, 3.8) is 0 Å². The molecule has 1 saturated heterocycles. The van der Waals surface area contributed by atoms with E-state index >= 15 is 0 Å². The van der Waals surface area contributed by atoms with E-state index in [0.29, 0.717) is 18.0 Å². The van der Waals surface area contributed by atoms with Crippen molar-refractivity contribution in [3.8, 4) is 0 Å². The molecule has 2 heterocycles. The molecule has 18 heavy (non-hydrogen) atoms. The quantitative estimate of drug-likeness (QED) is 0.821. The fourth-order valence-electron chi connectivity index (χ4n) is 1.53. The van der Waals surface area contributed by atoms with E-state index in [4.69, 9.17) is 4.74 Å². The maximum atomic E-state index is 11.6. The zero-order chi connectivity index (χ0) is 13.1. The summed E-state index contributed by atoms with van der Waals surface area (Å²) in [5.41, 5.74) is 0. The van der Waals surface area contributed by atoms with Gasteiger partial charge in [-0.3, -0.25) is 9.69 Å². The molecule has 0 saturated carbocycles. The van der Waals surface area contributed by atoms with Gasteiger partial charge in [0.15, 0.2) is 6.61 Å². The number of nitrogens with one attached hydrogen (secondary N) is 1. The lowest BCUT2D eigenvalue weighted by molar-refractivity contribution is -0.130. The van der Waals surface area contributed by atoms with E-state index in [1.165, 1.54) is 11.3 Å². The maximum absolute atomic E-state index is 11.6. The van der Waals surface area contributed by atoms with E-state index < -0.39 is 24.5 Å². The lowest BCUT2D eigenvalue weighted by atomic mass is 10.4. The zero-order valence-electron chi connectivity index (χ0n) is 9.76. The summed E-state index contributed by atoms with van der Waals surface area (Å²) in [5.74, 6) is -1.05. The van der Waals surface area contributed by atoms with Gasteiger partial charge in [-0.05, 0) is 19.1 Å². The van der Waals surface area contributed by atoms with Crippen molar-refractivity contribution in [1.29, 1.82) is 0 Å². The Morgan fingerprint density at radius 3 is 2.83 bits per heavy atom. The predicted octanol–water partition coefficient (Wildman–Crippen LogP) is 0.765. The molecule has 1 aliphatic heterocycles. The van der Waals surface area contributed by atoms with Crippen molar-refractivity contribution < 1.29 is 19.1 Å². The Labute approximate surface area is 108 Å². The number of hydrogen-bond acceptors (Lipinski definition) is 5. The minimum absolute atomic E-state index is 0.313. The van der Waals surface area contributed by atoms with Crippen LogP contribution in [0.1, 0.15) is 14.5 Å². The molecule has 6 nitrogen and oxygen atoms in total. The van der Waals surface area contributed by atoms with Crippen LogP contribution in [0.5, 0.6) is 0 Å². The molecule has 0 unspecified atom stereocenters. The van der Waals surface area contributed by atoms with Crippen LogP contribution in [-0.2, 0) is 9.53 Å². The van der Waals surface area contributed by atoms with Crippen LogP contribution in [0.4, 0.5) is 4.79 Å². The van der Waals surface area contributed by atoms with E-state index in [2.05, 4.69) is 5.32 Å². The van der Waals surface area contributed by atoms with Crippen molar-refractivity contribution in [2.24, 2.45) is 0 Å². The van der Waals surface area contributed by atoms with Gasteiger partial charge in [0.2, 0.25) is 0 Å². The van der Waals surface area contributed by atoms with E-state index in [9.17, 15) is 14.4 Å². The molecular weight excluding hydrogens is 256 g/mol. The molecule has 0 aliphatic carbocycles. The Kier molecular flexibility index (Phi) is 3.61. The number of urea groups is 1. The van der Waals surface area contributed by atoms with Gasteiger partial charge in [0, 0.05) is 18.0 Å². The van der Waals surface area contributed by atoms with E-state index in [0.717, 1.165) is 9.78 Å². The standard InChI is InChI=1S/C11H12N2O4S/c1-7-2-3-8(18-7)10(15)17-6-9(14)13-5-4-12-11(13)16/h2-3H,4-6H2,1H3,(H,12,16). The summed E-state index contributed by atoms with van der Waals surface area (Å²) in [6.45, 7) is 2.21. The van der Waals surface area contributed by atoms with Gasteiger partial charge in [-0.25, -0.2) is 9.59 Å². The summed E-state index contributed by atoms with van der Waals surface area (Å²) in [6.07, 6.45) is 0. The van der Waals surface area contributed by atoms with Crippen LogP contribution >= 0.6 is 11.3 Å². The minimum atomic E-state index is -0.541. The lowest BCUT2D eigenvalue weighted by Gasteiger charge is -2.11. The number of ether oxygens (including phenoxy) is 1. The first kappa shape index (κ1) is 12.6. The molecule has 0 radical (unpaired) electrons. The first-order valence-corrected chi connectivity index (χ1v) is 6.21. The van der Waals surface area contributed by atoms with E-state index in [-0.39, 0.29) is 0 Å². The Balaban J connectivity index is 1.86. The topological polar surface area (TPSA) is 75.7 Å². The summed E-state index contributed by atoms with van der Waals surface area (Å²) in [7, 11) is 0. The monoisotopic (exact) mass is 268 g/mol. The zero-order valence-corrected chi connectivity index (χ0v) is 10.6. The fourth-order valence-corrected chi connectivity index (χ4v) is 2.29. The predicted molar refractivity (Wildman–Crippen MR) is 64.5 cm³/mol. The van der Waals surface area contributed by atoms with E-state index in [1.807, 2.05) is 6.92 Å². The summed E-state index contributed by atoms with van der Waals surface area (Å²) in [6, 6.07) is 3.01. The van der Waals surface area contributed by atoms with Crippen LogP contribution in [0.25, 0.3) is 0 Å². The van der Waals surface area contributed by atoms with Crippen LogP contribution in [0.2, 0.25) is 0 Å². The number of thiophene rings is 1. The molecule has 0 atom stereocenters. The maximum Gasteiger partial charge on any atom is 0.348 e. The molecule has 96 valence electrons. The molecule has 1 aromatic heterocycles. The van der Waals surface area contributed by atoms with Gasteiger partial charge in [0.05, 0.1) is 0 Å². The number of carbonyl (C=O) groups excluding carboxylic acids is 3. The number of esters is 1. The Morgan fingerprint density at radius 1 is 1.50 bits per heavy atom. The van der Waals surface area contributed by atoms with Gasteiger partial charge < -0.3 is 10.1 Å². The molecular formula is C11H12N2O4S. The number of rotatable bonds is 3. The fraction of sp³-hybridized carbons (Fsp3) is 0.364. The highest BCUT2D eigenvalue weighted by molar-refractivity contribution is 7.13. The van der Waals surface area contributed by atoms with Crippen molar-refractivity contribution in [2.45, 2.75) is 6.92 Å². The molecule has 3 amide bonds. The molecule has 0 aromatic carbocycles. The van der Waals surface area contributed by atoms with Gasteiger partial charge >= 0.3 is 12.0 Å². The lowest BCUT2D eigenvalue weighted by Crippen LogP contribution is -2.37. The van der Waals surface area contributed by atoms with Crippen LogP contribution < -0.4 is 5.32 Å². The highest BCUT2D eigenvalue weighted by Gasteiger charge is 2.26. The average molecular weight is 268 g/mol. The van der Waals surface area contributed by atoms with Crippen LogP contribution in [0, 0.1) is 6.92 Å². The summed E-state index contributed by atoms with van der Waals surface area (Å²) >= 11 is 1.30. The third-order valence-electron chi connectivity index (χ3n) is 2.43. The molecule has 1 fully saturated rings. The summed E-state index contributed by atoms with van der Waals surface area (Å²) < 4.78 is 4.86. The molecule has 1 N–H and O–H groups in total. The summed E-state index contributed by atoms with van der Waals surface area (Å²) in [5, 5.41) is 2.50. The SMILES string of the molecule is Cc1ccc(C(=O)OCC(=O)N2CCNC2=O)s1. The first-order valence-electron chi connectivity index (χ1n) is 5.39. The van der Waals surface area contributed by atoms with Gasteiger partial charge in [0.25, 0.3) is 5.91 Å². The number of hydrogen-bond donors (Lipinski definition) is 1. The van der Waals surface area contributed by atoms with Gasteiger partial charge in [-0.2, -0.15) is 0 Å².